The molecule has 0 N–H and O–H groups in total. The van der Waals surface area contributed by atoms with Gasteiger partial charge in [-0.2, -0.15) is 0 Å². The molecule has 2 heterocycles. The van der Waals surface area contributed by atoms with Crippen molar-refractivity contribution in [2.75, 3.05) is 6.54 Å². The van der Waals surface area contributed by atoms with E-state index in [1.54, 1.807) is 18.3 Å². The van der Waals surface area contributed by atoms with Gasteiger partial charge in [0.05, 0.1) is 18.3 Å². The molecule has 0 bridgehead atoms. The predicted molar refractivity (Wildman–Crippen MR) is 106 cm³/mol. The molecular weight excluding hydrogens is 405 g/mol. The smallest absolute Gasteiger partial charge is 0.294 e. The summed E-state index contributed by atoms with van der Waals surface area (Å²) in [7, 11) is -0.516. The van der Waals surface area contributed by atoms with E-state index in [0.29, 0.717) is 6.54 Å². The molecule has 1 aromatic heterocycles. The van der Waals surface area contributed by atoms with Gasteiger partial charge in [0.15, 0.2) is 8.32 Å². The fourth-order valence-corrected chi connectivity index (χ4v) is 5.87. The molecule has 2 rings (SSSR count). The Kier molecular flexibility index (Phi) is 5.97. The van der Waals surface area contributed by atoms with Crippen molar-refractivity contribution in [3.8, 4) is 0 Å². The average Bonchev–Trinajstić information content (AvgIpc) is 2.80. The third kappa shape index (κ3) is 3.77. The summed E-state index contributed by atoms with van der Waals surface area (Å²) in [5, 5.41) is 2.10. The number of hydrogen-bond donors (Lipinski definition) is 0. The quantitative estimate of drug-likeness (QED) is 0.517. The van der Waals surface area contributed by atoms with E-state index in [-0.39, 0.29) is 16.9 Å². The predicted octanol–water partition coefficient (Wildman–Crippen LogP) is 4.33. The highest BCUT2D eigenvalue weighted by molar-refractivity contribution is 9.10. The molecule has 0 aromatic carbocycles. The highest BCUT2D eigenvalue weighted by Crippen LogP contribution is 2.47. The maximum absolute atomic E-state index is 12.2. The van der Waals surface area contributed by atoms with Gasteiger partial charge in [0.1, 0.15) is 5.78 Å². The second kappa shape index (κ2) is 7.15. The van der Waals surface area contributed by atoms with E-state index < -0.39 is 14.4 Å². The van der Waals surface area contributed by atoms with Gasteiger partial charge in [-0.1, -0.05) is 20.8 Å². The van der Waals surface area contributed by atoms with Gasteiger partial charge < -0.3 is 14.0 Å². The Morgan fingerprint density at radius 2 is 2.12 bits per heavy atom. The normalized spacial score (nSPS) is 22.1. The molecular formula is C16H24BBrNO3SSi. The van der Waals surface area contributed by atoms with Gasteiger partial charge in [-0.25, -0.2) is 0 Å². The summed E-state index contributed by atoms with van der Waals surface area (Å²) in [5.74, 6) is 0.0271. The molecule has 0 saturated carbocycles. The van der Waals surface area contributed by atoms with Gasteiger partial charge in [0.2, 0.25) is 0 Å². The standard InChI is InChI=1S/C16H24BBrNO3SSi/c1-10(21)14-13-11(18)8-23-15(13)12(7-19(14)17-9-20)22-24(5,6)16(2,3)4/h8-9,12,14H,7H2,1-6H3. The maximum Gasteiger partial charge on any atom is 0.294 e. The summed E-state index contributed by atoms with van der Waals surface area (Å²) < 4.78 is 7.54. The van der Waals surface area contributed by atoms with Gasteiger partial charge in [0, 0.05) is 26.8 Å². The van der Waals surface area contributed by atoms with Crippen LogP contribution in [0.2, 0.25) is 18.1 Å². The summed E-state index contributed by atoms with van der Waals surface area (Å²) in [4.78, 5) is 26.2. The summed E-state index contributed by atoms with van der Waals surface area (Å²) in [6.07, 6.45) is 0.619. The van der Waals surface area contributed by atoms with E-state index in [9.17, 15) is 9.59 Å². The lowest BCUT2D eigenvalue weighted by molar-refractivity contribution is -0.121. The van der Waals surface area contributed by atoms with Crippen molar-refractivity contribution >= 4 is 55.0 Å². The van der Waals surface area contributed by atoms with Crippen LogP contribution in [0.4, 0.5) is 0 Å². The zero-order chi connectivity index (χ0) is 18.3. The maximum atomic E-state index is 12.2. The molecule has 0 fully saturated rings. The number of carbonyl (C=O) groups excluding carboxylic acids is 2. The Morgan fingerprint density at radius 3 is 2.62 bits per heavy atom. The van der Waals surface area contributed by atoms with E-state index in [1.807, 2.05) is 10.2 Å². The lowest BCUT2D eigenvalue weighted by Gasteiger charge is -2.44. The molecule has 8 heteroatoms. The van der Waals surface area contributed by atoms with Crippen molar-refractivity contribution in [3.05, 3.63) is 20.3 Å². The summed E-state index contributed by atoms with van der Waals surface area (Å²) in [6.45, 7) is 13.2. The van der Waals surface area contributed by atoms with Crippen molar-refractivity contribution in [2.45, 2.75) is 58.0 Å². The van der Waals surface area contributed by atoms with Crippen molar-refractivity contribution in [1.29, 1.82) is 0 Å². The van der Waals surface area contributed by atoms with E-state index >= 15 is 0 Å². The number of hydrogen-bond acceptors (Lipinski definition) is 5. The first kappa shape index (κ1) is 20.0. The lowest BCUT2D eigenvalue weighted by Crippen LogP contribution is -2.48. The van der Waals surface area contributed by atoms with Gasteiger partial charge in [-0.15, -0.1) is 11.3 Å². The van der Waals surface area contributed by atoms with Gasteiger partial charge in [-0.05, 0) is 41.0 Å². The van der Waals surface area contributed by atoms with Crippen molar-refractivity contribution in [2.24, 2.45) is 0 Å². The van der Waals surface area contributed by atoms with Crippen LogP contribution in [-0.2, 0) is 14.0 Å². The van der Waals surface area contributed by atoms with Gasteiger partial charge >= 0.3 is 0 Å². The minimum Gasteiger partial charge on any atom is -0.408 e. The topological polar surface area (TPSA) is 46.6 Å². The van der Waals surface area contributed by atoms with E-state index in [4.69, 9.17) is 4.43 Å². The summed E-state index contributed by atoms with van der Waals surface area (Å²) >= 11 is 5.19. The number of halogens is 1. The van der Waals surface area contributed by atoms with Crippen LogP contribution >= 0.6 is 27.3 Å². The second-order valence-electron chi connectivity index (χ2n) is 7.72. The molecule has 24 heavy (non-hydrogen) atoms. The Morgan fingerprint density at radius 1 is 1.50 bits per heavy atom. The summed E-state index contributed by atoms with van der Waals surface area (Å²) in [6, 6.07) is -0.426. The minimum atomic E-state index is -1.98. The highest BCUT2D eigenvalue weighted by Gasteiger charge is 2.44. The largest absolute Gasteiger partial charge is 0.408 e. The number of rotatable bonds is 5. The minimum absolute atomic E-state index is 0.0271. The third-order valence-corrected chi connectivity index (χ3v) is 11.5. The molecule has 2 unspecified atom stereocenters. The zero-order valence-electron chi connectivity index (χ0n) is 15.1. The Labute approximate surface area is 158 Å². The van der Waals surface area contributed by atoms with E-state index in [1.165, 1.54) is 7.41 Å². The molecule has 1 aliphatic heterocycles. The molecule has 1 aromatic rings. The van der Waals surface area contributed by atoms with Crippen LogP contribution in [0.5, 0.6) is 0 Å². The van der Waals surface area contributed by atoms with E-state index in [0.717, 1.165) is 21.1 Å². The molecule has 0 aliphatic carbocycles. The van der Waals surface area contributed by atoms with Crippen molar-refractivity contribution < 1.29 is 14.0 Å². The molecule has 1 radical (unpaired) electrons. The highest BCUT2D eigenvalue weighted by atomic mass is 79.9. The summed E-state index contributed by atoms with van der Waals surface area (Å²) in [5.41, 5.74) is 0.945. The molecule has 4 nitrogen and oxygen atoms in total. The average molecular weight is 429 g/mol. The molecule has 0 saturated heterocycles. The molecule has 2 atom stereocenters. The van der Waals surface area contributed by atoms with Crippen LogP contribution in [0.1, 0.15) is 50.3 Å². The zero-order valence-corrected chi connectivity index (χ0v) is 18.5. The number of Topliss-reactive ketones (excluding diaryl/α,β-unsaturated/α-hetero) is 1. The second-order valence-corrected chi connectivity index (χ2v) is 14.2. The third-order valence-electron chi connectivity index (χ3n) is 4.97. The van der Waals surface area contributed by atoms with Gasteiger partial charge in [0.25, 0.3) is 7.41 Å². The van der Waals surface area contributed by atoms with Crippen LogP contribution in [0, 0.1) is 0 Å². The van der Waals surface area contributed by atoms with E-state index in [2.05, 4.69) is 49.8 Å². The van der Waals surface area contributed by atoms with Gasteiger partial charge in [-0.3, -0.25) is 4.79 Å². The molecule has 0 spiro atoms. The first-order valence-corrected chi connectivity index (χ1v) is 12.6. The number of nitrogens with zero attached hydrogens (tertiary/aromatic N) is 1. The monoisotopic (exact) mass is 428 g/mol. The number of carbonyl (C=O) groups is 2. The Hall–Kier alpha value is -0.278. The fourth-order valence-electron chi connectivity index (χ4n) is 2.71. The Bertz CT molecular complexity index is 644. The van der Waals surface area contributed by atoms with Crippen molar-refractivity contribution in [3.63, 3.8) is 0 Å². The van der Waals surface area contributed by atoms with Crippen LogP contribution in [-0.4, -0.2) is 39.1 Å². The number of ketones is 1. The SMILES string of the molecule is CC(=O)C1c2c(Br)csc2C(O[Si](C)(C)C(C)(C)C)CN1[B]C=O. The first-order valence-electron chi connectivity index (χ1n) is 7.99. The van der Waals surface area contributed by atoms with Crippen LogP contribution < -0.4 is 0 Å². The Balaban J connectivity index is 2.45. The number of fused-ring (bicyclic) bond motifs is 1. The number of thiophene rings is 1. The van der Waals surface area contributed by atoms with Crippen molar-refractivity contribution in [1.82, 2.24) is 4.81 Å². The van der Waals surface area contributed by atoms with Crippen LogP contribution in [0.15, 0.2) is 9.85 Å². The van der Waals surface area contributed by atoms with Crippen LogP contribution in [0.3, 0.4) is 0 Å². The lowest BCUT2D eigenvalue weighted by atomic mass is 9.84. The molecule has 131 valence electrons. The molecule has 0 amide bonds. The molecule has 1 aliphatic rings. The first-order chi connectivity index (χ1) is 11.0. The van der Waals surface area contributed by atoms with Crippen LogP contribution in [0.25, 0.3) is 0 Å². The fraction of sp³-hybridized carbons (Fsp3) is 0.625.